The second-order valence-electron chi connectivity index (χ2n) is 5.56. The van der Waals surface area contributed by atoms with Gasteiger partial charge in [0.25, 0.3) is 5.91 Å². The van der Waals surface area contributed by atoms with E-state index in [0.29, 0.717) is 5.56 Å². The van der Waals surface area contributed by atoms with Crippen molar-refractivity contribution in [3.05, 3.63) is 29.3 Å². The van der Waals surface area contributed by atoms with Gasteiger partial charge in [-0.1, -0.05) is 19.9 Å². The summed E-state index contributed by atoms with van der Waals surface area (Å²) in [5.74, 6) is -2.52. The molecule has 2 N–H and O–H groups in total. The van der Waals surface area contributed by atoms with Crippen LogP contribution in [0, 0.1) is 6.92 Å². The quantitative estimate of drug-likeness (QED) is 0.668. The lowest BCUT2D eigenvalue weighted by Gasteiger charge is -2.20. The largest absolute Gasteiger partial charge is 0.480 e. The normalized spacial score (nSPS) is 13.0. The molecule has 0 bridgehead atoms. The van der Waals surface area contributed by atoms with Crippen LogP contribution in [-0.4, -0.2) is 55.3 Å². The number of hydrogen-bond donors (Lipinski definition) is 2. The van der Waals surface area contributed by atoms with Gasteiger partial charge in [-0.25, -0.2) is 22.0 Å². The molecule has 0 aliphatic heterocycles. The number of hydrogen-bond acceptors (Lipinski definition) is 4. The van der Waals surface area contributed by atoms with Gasteiger partial charge in [0.15, 0.2) is 0 Å². The van der Waals surface area contributed by atoms with E-state index in [1.165, 1.54) is 23.4 Å². The number of carboxylic acid groups (broad SMARTS) is 1. The molecule has 1 unspecified atom stereocenters. The van der Waals surface area contributed by atoms with Crippen LogP contribution in [0.2, 0.25) is 0 Å². The number of amides is 1. The summed E-state index contributed by atoms with van der Waals surface area (Å²) < 4.78 is 51.2. The molecule has 0 radical (unpaired) electrons. The highest BCUT2D eigenvalue weighted by molar-refractivity contribution is 7.89. The first-order chi connectivity index (χ1) is 12.0. The third kappa shape index (κ3) is 5.21. The number of carbonyl (C=O) groups is 2. The number of benzene rings is 1. The molecule has 1 aromatic rings. The van der Waals surface area contributed by atoms with Crippen LogP contribution in [0.5, 0.6) is 0 Å². The van der Waals surface area contributed by atoms with Crippen molar-refractivity contribution in [2.24, 2.45) is 0 Å². The Morgan fingerprint density at radius 1 is 1.23 bits per heavy atom. The molecule has 1 amide bonds. The molecule has 146 valence electrons. The van der Waals surface area contributed by atoms with Crippen molar-refractivity contribution in [3.8, 4) is 0 Å². The van der Waals surface area contributed by atoms with Gasteiger partial charge in [-0.05, 0) is 24.6 Å². The highest BCUT2D eigenvalue weighted by Gasteiger charge is 2.27. The van der Waals surface area contributed by atoms with E-state index in [4.69, 9.17) is 5.11 Å². The summed E-state index contributed by atoms with van der Waals surface area (Å²) >= 11 is 0. The molecule has 26 heavy (non-hydrogen) atoms. The zero-order chi connectivity index (χ0) is 20.1. The van der Waals surface area contributed by atoms with E-state index in [9.17, 15) is 26.8 Å². The van der Waals surface area contributed by atoms with Gasteiger partial charge >= 0.3 is 5.97 Å². The number of nitrogens with one attached hydrogen (secondary N) is 1. The number of alkyl halides is 2. The van der Waals surface area contributed by atoms with Crippen molar-refractivity contribution in [3.63, 3.8) is 0 Å². The van der Waals surface area contributed by atoms with E-state index in [1.54, 1.807) is 13.8 Å². The van der Waals surface area contributed by atoms with Gasteiger partial charge in [0.05, 0.1) is 4.90 Å². The first-order valence-electron chi connectivity index (χ1n) is 7.97. The Morgan fingerprint density at radius 3 is 2.27 bits per heavy atom. The monoisotopic (exact) mass is 392 g/mol. The molecule has 1 atom stereocenters. The summed E-state index contributed by atoms with van der Waals surface area (Å²) in [4.78, 5) is 23.2. The summed E-state index contributed by atoms with van der Waals surface area (Å²) in [6.07, 6.45) is -3.95. The standard InChI is InChI=1S/C16H22F2N2O5S/c1-4-20(5-2)26(24,25)11-7-6-10(3)12(8-11)15(21)19-13(16(22)23)9-14(17)18/h6-8,13-14H,4-5,9H2,1-3H3,(H,19,21)(H,22,23). The zero-order valence-corrected chi connectivity index (χ0v) is 15.5. The van der Waals surface area contributed by atoms with Crippen molar-refractivity contribution in [1.29, 1.82) is 0 Å². The van der Waals surface area contributed by atoms with Gasteiger partial charge in [-0.15, -0.1) is 0 Å². The Labute approximate surface area is 151 Å². The van der Waals surface area contributed by atoms with Crippen LogP contribution in [-0.2, 0) is 14.8 Å². The second-order valence-corrected chi connectivity index (χ2v) is 7.50. The molecule has 7 nitrogen and oxygen atoms in total. The minimum absolute atomic E-state index is 0.0845. The zero-order valence-electron chi connectivity index (χ0n) is 14.7. The molecule has 0 saturated carbocycles. The van der Waals surface area contributed by atoms with Crippen molar-refractivity contribution in [1.82, 2.24) is 9.62 Å². The molecule has 0 aliphatic carbocycles. The van der Waals surface area contributed by atoms with E-state index >= 15 is 0 Å². The SMILES string of the molecule is CCN(CC)S(=O)(=O)c1ccc(C)c(C(=O)NC(CC(F)F)C(=O)O)c1. The highest BCUT2D eigenvalue weighted by atomic mass is 32.2. The average molecular weight is 392 g/mol. The Bertz CT molecular complexity index is 764. The summed E-state index contributed by atoms with van der Waals surface area (Å²) in [5.41, 5.74) is 0.306. The van der Waals surface area contributed by atoms with Crippen molar-refractivity contribution >= 4 is 21.9 Å². The van der Waals surface area contributed by atoms with Gasteiger partial charge < -0.3 is 10.4 Å². The molecular weight excluding hydrogens is 370 g/mol. The van der Waals surface area contributed by atoms with Gasteiger partial charge in [0.2, 0.25) is 16.4 Å². The number of aliphatic carboxylic acids is 1. The third-order valence-electron chi connectivity index (χ3n) is 3.81. The molecule has 0 aliphatic rings. The number of carbonyl (C=O) groups excluding carboxylic acids is 1. The van der Waals surface area contributed by atoms with Gasteiger partial charge in [0, 0.05) is 25.1 Å². The lowest BCUT2D eigenvalue weighted by Crippen LogP contribution is -2.42. The van der Waals surface area contributed by atoms with Crippen LogP contribution >= 0.6 is 0 Å². The summed E-state index contributed by atoms with van der Waals surface area (Å²) in [6, 6.07) is 2.10. The third-order valence-corrected chi connectivity index (χ3v) is 5.86. The minimum Gasteiger partial charge on any atom is -0.480 e. The van der Waals surface area contributed by atoms with Crippen molar-refractivity contribution in [2.45, 2.75) is 44.6 Å². The van der Waals surface area contributed by atoms with E-state index in [1.807, 2.05) is 5.32 Å². The van der Waals surface area contributed by atoms with Crippen molar-refractivity contribution < 1.29 is 31.9 Å². The number of sulfonamides is 1. The molecule has 0 aromatic heterocycles. The summed E-state index contributed by atoms with van der Waals surface area (Å²) in [7, 11) is -3.82. The maximum Gasteiger partial charge on any atom is 0.326 e. The van der Waals surface area contributed by atoms with Crippen LogP contribution in [0.3, 0.4) is 0 Å². The highest BCUT2D eigenvalue weighted by Crippen LogP contribution is 2.20. The fourth-order valence-corrected chi connectivity index (χ4v) is 3.84. The number of aryl methyl sites for hydroxylation is 1. The summed E-state index contributed by atoms with van der Waals surface area (Å²) in [5, 5.41) is 11.0. The maximum absolute atomic E-state index is 12.6. The fraction of sp³-hybridized carbons (Fsp3) is 0.500. The van der Waals surface area contributed by atoms with Crippen LogP contribution in [0.1, 0.15) is 36.2 Å². The van der Waals surface area contributed by atoms with Crippen LogP contribution < -0.4 is 5.32 Å². The van der Waals surface area contributed by atoms with E-state index in [2.05, 4.69) is 0 Å². The maximum atomic E-state index is 12.6. The lowest BCUT2D eigenvalue weighted by molar-refractivity contribution is -0.140. The first kappa shape index (κ1) is 22.0. The fourth-order valence-electron chi connectivity index (χ4n) is 2.35. The molecule has 0 heterocycles. The predicted octanol–water partition coefficient (Wildman–Crippen LogP) is 1.86. The topological polar surface area (TPSA) is 104 Å². The van der Waals surface area contributed by atoms with Gasteiger partial charge in [-0.2, -0.15) is 4.31 Å². The molecule has 0 saturated heterocycles. The Hall–Kier alpha value is -2.07. The molecule has 0 spiro atoms. The lowest BCUT2D eigenvalue weighted by atomic mass is 10.1. The Morgan fingerprint density at radius 2 is 1.81 bits per heavy atom. The Kier molecular flexibility index (Phi) is 7.64. The molecule has 1 aromatic carbocycles. The van der Waals surface area contributed by atoms with Crippen LogP contribution in [0.25, 0.3) is 0 Å². The predicted molar refractivity (Wildman–Crippen MR) is 90.8 cm³/mol. The number of carboxylic acids is 1. The summed E-state index contributed by atoms with van der Waals surface area (Å²) in [6.45, 7) is 5.36. The first-order valence-corrected chi connectivity index (χ1v) is 9.41. The molecule has 0 fully saturated rings. The van der Waals surface area contributed by atoms with Gasteiger partial charge in [-0.3, -0.25) is 4.79 Å². The molecular formula is C16H22F2N2O5S. The minimum atomic E-state index is -3.82. The number of rotatable bonds is 9. The van der Waals surface area contributed by atoms with Gasteiger partial charge in [0.1, 0.15) is 6.04 Å². The average Bonchev–Trinajstić information content (AvgIpc) is 2.54. The second kappa shape index (κ2) is 9.04. The van der Waals surface area contributed by atoms with Crippen molar-refractivity contribution in [2.75, 3.05) is 13.1 Å². The Balaban J connectivity index is 3.21. The smallest absolute Gasteiger partial charge is 0.326 e. The number of halogens is 2. The van der Waals surface area contributed by atoms with E-state index < -0.39 is 40.8 Å². The van der Waals surface area contributed by atoms with E-state index in [0.717, 1.165) is 6.07 Å². The van der Waals surface area contributed by atoms with E-state index in [-0.39, 0.29) is 23.5 Å². The van der Waals surface area contributed by atoms with Crippen LogP contribution in [0.4, 0.5) is 8.78 Å². The molecule has 10 heteroatoms. The van der Waals surface area contributed by atoms with Crippen LogP contribution in [0.15, 0.2) is 23.1 Å². The number of nitrogens with zero attached hydrogens (tertiary/aromatic N) is 1. The molecule has 1 rings (SSSR count).